The second-order valence-electron chi connectivity index (χ2n) is 7.58. The van der Waals surface area contributed by atoms with Gasteiger partial charge in [-0.3, -0.25) is 9.67 Å². The van der Waals surface area contributed by atoms with Crippen molar-refractivity contribution in [1.82, 2.24) is 29.7 Å². The van der Waals surface area contributed by atoms with Crippen LogP contribution in [-0.4, -0.2) is 38.0 Å². The van der Waals surface area contributed by atoms with Crippen molar-refractivity contribution in [2.24, 2.45) is 0 Å². The molecule has 5 heterocycles. The van der Waals surface area contributed by atoms with Gasteiger partial charge in [0, 0.05) is 24.8 Å². The lowest BCUT2D eigenvalue weighted by Crippen LogP contribution is -2.28. The summed E-state index contributed by atoms with van der Waals surface area (Å²) >= 11 is 0. The summed E-state index contributed by atoms with van der Waals surface area (Å²) in [5.74, 6) is 0.811. The molecule has 8 nitrogen and oxygen atoms in total. The highest BCUT2D eigenvalue weighted by molar-refractivity contribution is 5.75. The molecular formula is C22H23FN6O2. The molecule has 1 N–H and O–H groups in total. The Kier molecular flexibility index (Phi) is 4.82. The van der Waals surface area contributed by atoms with Crippen LogP contribution in [0.3, 0.4) is 0 Å². The van der Waals surface area contributed by atoms with Crippen LogP contribution in [0.5, 0.6) is 11.5 Å². The highest BCUT2D eigenvalue weighted by Crippen LogP contribution is 2.36. The fraction of sp³-hybridized carbons (Fsp3) is 0.318. The van der Waals surface area contributed by atoms with Gasteiger partial charge in [0.05, 0.1) is 43.1 Å². The number of hydrogen-bond acceptors (Lipinski definition) is 6. The molecule has 0 saturated heterocycles. The first-order chi connectivity index (χ1) is 15.0. The van der Waals surface area contributed by atoms with Gasteiger partial charge >= 0.3 is 0 Å². The maximum absolute atomic E-state index is 13.3. The van der Waals surface area contributed by atoms with Crippen LogP contribution in [0.25, 0.3) is 16.8 Å². The van der Waals surface area contributed by atoms with Gasteiger partial charge in [-0.2, -0.15) is 10.2 Å². The lowest BCUT2D eigenvalue weighted by Gasteiger charge is -2.16. The van der Waals surface area contributed by atoms with Crippen LogP contribution < -0.4 is 14.8 Å². The Hall–Kier alpha value is -3.46. The molecule has 5 rings (SSSR count). The van der Waals surface area contributed by atoms with Crippen LogP contribution >= 0.6 is 0 Å². The van der Waals surface area contributed by atoms with Crippen LogP contribution in [0.4, 0.5) is 4.39 Å². The summed E-state index contributed by atoms with van der Waals surface area (Å²) in [4.78, 5) is 4.15. The zero-order chi connectivity index (χ0) is 21.5. The molecule has 0 aromatic carbocycles. The van der Waals surface area contributed by atoms with E-state index in [0.717, 1.165) is 36.5 Å². The van der Waals surface area contributed by atoms with Gasteiger partial charge in [-0.05, 0) is 37.6 Å². The summed E-state index contributed by atoms with van der Waals surface area (Å²) in [5.41, 5.74) is 5.45. The van der Waals surface area contributed by atoms with E-state index in [9.17, 15) is 4.39 Å². The van der Waals surface area contributed by atoms with Gasteiger partial charge in [0.1, 0.15) is 11.9 Å². The highest BCUT2D eigenvalue weighted by Gasteiger charge is 2.22. The van der Waals surface area contributed by atoms with Crippen LogP contribution in [0.15, 0.2) is 36.8 Å². The number of aromatic nitrogens is 5. The van der Waals surface area contributed by atoms with E-state index in [2.05, 4.69) is 27.0 Å². The third-order valence-electron chi connectivity index (χ3n) is 5.62. The topological polar surface area (TPSA) is 78.5 Å². The summed E-state index contributed by atoms with van der Waals surface area (Å²) in [6, 6.07) is 4.95. The molecule has 0 aliphatic carbocycles. The molecule has 9 heteroatoms. The smallest absolute Gasteiger partial charge is 0.168 e. The fourth-order valence-electron chi connectivity index (χ4n) is 3.97. The van der Waals surface area contributed by atoms with Crippen LogP contribution in [0.1, 0.15) is 30.0 Å². The standard InChI is InChI=1S/C22H23FN6O2/c1-13-18-10-24-6-7-28(18)27-21(13)15-8-19(22-20(30-3)11-26-29(22)12-15)31-14(2)17-5-4-16(23)9-25-17/h4-5,8-9,11-12,14,24H,6-7,10H2,1-3H3. The summed E-state index contributed by atoms with van der Waals surface area (Å²) in [6.45, 7) is 6.50. The zero-order valence-corrected chi connectivity index (χ0v) is 17.6. The van der Waals surface area contributed by atoms with E-state index in [0.29, 0.717) is 22.7 Å². The first-order valence-electron chi connectivity index (χ1n) is 10.2. The van der Waals surface area contributed by atoms with Crippen molar-refractivity contribution in [3.63, 3.8) is 0 Å². The quantitative estimate of drug-likeness (QED) is 0.532. The molecule has 0 fully saturated rings. The minimum absolute atomic E-state index is 0.383. The van der Waals surface area contributed by atoms with E-state index in [1.165, 1.54) is 18.0 Å². The van der Waals surface area contributed by atoms with Crippen LogP contribution in [-0.2, 0) is 13.1 Å². The predicted octanol–water partition coefficient (Wildman–Crippen LogP) is 3.29. The minimum Gasteiger partial charge on any atom is -0.493 e. The maximum Gasteiger partial charge on any atom is 0.168 e. The molecule has 1 atom stereocenters. The van der Waals surface area contributed by atoms with Crippen molar-refractivity contribution < 1.29 is 13.9 Å². The van der Waals surface area contributed by atoms with E-state index in [4.69, 9.17) is 14.6 Å². The Morgan fingerprint density at radius 3 is 2.84 bits per heavy atom. The van der Waals surface area contributed by atoms with Gasteiger partial charge in [0.2, 0.25) is 0 Å². The lowest BCUT2D eigenvalue weighted by atomic mass is 10.1. The molecule has 0 saturated carbocycles. The Bertz CT molecular complexity index is 1250. The van der Waals surface area contributed by atoms with Gasteiger partial charge in [-0.15, -0.1) is 0 Å². The van der Waals surface area contributed by atoms with Gasteiger partial charge in [-0.25, -0.2) is 8.91 Å². The number of fused-ring (bicyclic) bond motifs is 2. The van der Waals surface area contributed by atoms with Crippen molar-refractivity contribution >= 4 is 5.52 Å². The lowest BCUT2D eigenvalue weighted by molar-refractivity contribution is 0.223. The average Bonchev–Trinajstić information content (AvgIpc) is 3.35. The first-order valence-corrected chi connectivity index (χ1v) is 10.2. The largest absolute Gasteiger partial charge is 0.493 e. The summed E-state index contributed by atoms with van der Waals surface area (Å²) in [5, 5.41) is 12.7. The summed E-state index contributed by atoms with van der Waals surface area (Å²) < 4.78 is 28.8. The van der Waals surface area contributed by atoms with Crippen molar-refractivity contribution in [3.8, 4) is 22.8 Å². The number of nitrogens with one attached hydrogen (secondary N) is 1. The Labute approximate surface area is 178 Å². The van der Waals surface area contributed by atoms with Crippen LogP contribution in [0, 0.1) is 12.7 Å². The predicted molar refractivity (Wildman–Crippen MR) is 113 cm³/mol. The molecule has 31 heavy (non-hydrogen) atoms. The fourth-order valence-corrected chi connectivity index (χ4v) is 3.97. The average molecular weight is 422 g/mol. The van der Waals surface area contributed by atoms with E-state index in [1.54, 1.807) is 23.9 Å². The number of rotatable bonds is 5. The van der Waals surface area contributed by atoms with E-state index < -0.39 is 6.10 Å². The van der Waals surface area contributed by atoms with Gasteiger partial charge in [-0.1, -0.05) is 0 Å². The Balaban J connectivity index is 1.60. The second-order valence-corrected chi connectivity index (χ2v) is 7.58. The summed E-state index contributed by atoms with van der Waals surface area (Å²) in [7, 11) is 1.60. The number of hydrogen-bond donors (Lipinski definition) is 1. The number of halogens is 1. The molecule has 0 spiro atoms. The highest BCUT2D eigenvalue weighted by atomic mass is 19.1. The second kappa shape index (κ2) is 7.66. The summed E-state index contributed by atoms with van der Waals surface area (Å²) in [6.07, 6.45) is 4.37. The number of ether oxygens (including phenoxy) is 2. The molecule has 0 radical (unpaired) electrons. The third kappa shape index (κ3) is 3.40. The van der Waals surface area contributed by atoms with Crippen molar-refractivity contribution in [2.45, 2.75) is 33.0 Å². The molecule has 160 valence electrons. The van der Waals surface area contributed by atoms with Crippen molar-refractivity contribution in [3.05, 3.63) is 59.6 Å². The van der Waals surface area contributed by atoms with Crippen LogP contribution in [0.2, 0.25) is 0 Å². The molecule has 0 bridgehead atoms. The number of nitrogens with zero attached hydrogens (tertiary/aromatic N) is 5. The zero-order valence-electron chi connectivity index (χ0n) is 17.6. The Morgan fingerprint density at radius 2 is 2.10 bits per heavy atom. The first kappa shape index (κ1) is 19.5. The van der Waals surface area contributed by atoms with Crippen molar-refractivity contribution in [1.29, 1.82) is 0 Å². The van der Waals surface area contributed by atoms with Gasteiger partial charge in [0.15, 0.2) is 17.0 Å². The normalized spacial score (nSPS) is 14.5. The van der Waals surface area contributed by atoms with Gasteiger partial charge in [0.25, 0.3) is 0 Å². The molecule has 0 amide bonds. The molecule has 1 aliphatic rings. The van der Waals surface area contributed by atoms with E-state index in [1.807, 2.05) is 19.2 Å². The number of methoxy groups -OCH3 is 1. The SMILES string of the molecule is COc1cnn2cc(-c3nn4c(c3C)CNCC4)cc(OC(C)c3ccc(F)cn3)c12. The maximum atomic E-state index is 13.3. The molecule has 4 aromatic rings. The monoisotopic (exact) mass is 422 g/mol. The minimum atomic E-state index is -0.403. The third-order valence-corrected chi connectivity index (χ3v) is 5.62. The molecule has 1 unspecified atom stereocenters. The molecule has 1 aliphatic heterocycles. The Morgan fingerprint density at radius 1 is 1.23 bits per heavy atom. The van der Waals surface area contributed by atoms with Gasteiger partial charge < -0.3 is 14.8 Å². The van der Waals surface area contributed by atoms with Crippen molar-refractivity contribution in [2.75, 3.05) is 13.7 Å². The van der Waals surface area contributed by atoms with E-state index >= 15 is 0 Å². The van der Waals surface area contributed by atoms with E-state index in [-0.39, 0.29) is 5.82 Å². The molecule has 4 aromatic heterocycles. The number of pyridine rings is 2. The molecular weight excluding hydrogens is 399 g/mol.